The fraction of sp³-hybridized carbons (Fsp3) is 0.727. The molecule has 0 heterocycles. The highest BCUT2D eigenvalue weighted by atomic mass is 32.2. The van der Waals surface area contributed by atoms with Crippen LogP contribution in [0.3, 0.4) is 0 Å². The molecule has 4 rings (SSSR count). The van der Waals surface area contributed by atoms with E-state index >= 15 is 0 Å². The maximum absolute atomic E-state index is 14.2. The van der Waals surface area contributed by atoms with Gasteiger partial charge in [-0.15, -0.1) is 0 Å². The summed E-state index contributed by atoms with van der Waals surface area (Å²) >= 11 is 0. The largest absolute Gasteiger partial charge is 0.297 e. The van der Waals surface area contributed by atoms with E-state index in [1.165, 1.54) is 70.3 Å². The van der Waals surface area contributed by atoms with E-state index in [0.717, 1.165) is 17.7 Å². The molecule has 2 saturated carbocycles. The van der Waals surface area contributed by atoms with E-state index in [0.29, 0.717) is 29.6 Å². The maximum Gasteiger partial charge on any atom is 0.297 e. The normalized spacial score (nSPS) is 24.6. The summed E-state index contributed by atoms with van der Waals surface area (Å²) in [5, 5.41) is 0. The second-order valence-corrected chi connectivity index (χ2v) is 13.5. The lowest BCUT2D eigenvalue weighted by Gasteiger charge is -2.44. The van der Waals surface area contributed by atoms with Crippen molar-refractivity contribution in [3.8, 4) is 0 Å². The second kappa shape index (κ2) is 8.88. The lowest BCUT2D eigenvalue weighted by atomic mass is 9.91. The lowest BCUT2D eigenvalue weighted by Crippen LogP contribution is -2.31. The van der Waals surface area contributed by atoms with E-state index in [1.807, 2.05) is 0 Å². The van der Waals surface area contributed by atoms with Crippen LogP contribution in [-0.4, -0.2) is 29.9 Å². The number of rotatable bonds is 4. The van der Waals surface area contributed by atoms with Crippen LogP contribution in [0.2, 0.25) is 0 Å². The Hall–Kier alpha value is -0.580. The molecule has 3 nitrogen and oxygen atoms in total. The molecule has 3 aliphatic carbocycles. The van der Waals surface area contributed by atoms with Gasteiger partial charge in [-0.1, -0.05) is 46.4 Å². The van der Waals surface area contributed by atoms with Crippen molar-refractivity contribution in [2.75, 3.05) is 0 Å². The van der Waals surface area contributed by atoms with E-state index in [9.17, 15) is 21.8 Å². The van der Waals surface area contributed by atoms with E-state index < -0.39 is 26.6 Å². The molecule has 1 unspecified atom stereocenters. The highest BCUT2D eigenvalue weighted by Gasteiger charge is 2.39. The van der Waals surface area contributed by atoms with Crippen LogP contribution in [-0.2, 0) is 23.0 Å². The van der Waals surface area contributed by atoms with Crippen LogP contribution in [0.5, 0.6) is 0 Å². The van der Waals surface area contributed by atoms with Gasteiger partial charge in [0, 0.05) is 0 Å². The Bertz CT molecular complexity index is 828. The van der Waals surface area contributed by atoms with Gasteiger partial charge in [0.2, 0.25) is 0 Å². The Kier molecular flexibility index (Phi) is 6.63. The van der Waals surface area contributed by atoms with Gasteiger partial charge in [-0.25, -0.2) is 8.78 Å². The van der Waals surface area contributed by atoms with Crippen molar-refractivity contribution in [3.63, 3.8) is 0 Å². The Balaban J connectivity index is 1.66. The van der Waals surface area contributed by atoms with E-state index in [1.54, 1.807) is 0 Å². The zero-order valence-corrected chi connectivity index (χ0v) is 18.6. The van der Waals surface area contributed by atoms with Crippen LogP contribution in [0.4, 0.5) is 8.78 Å². The first-order valence-electron chi connectivity index (χ1n) is 11.1. The molecule has 0 aromatic heterocycles. The van der Waals surface area contributed by atoms with Crippen molar-refractivity contribution < 1.29 is 21.8 Å². The molecule has 162 valence electrons. The van der Waals surface area contributed by atoms with E-state index in [-0.39, 0.29) is 7.92 Å². The summed E-state index contributed by atoms with van der Waals surface area (Å²) in [6.07, 6.45) is 14.8. The summed E-state index contributed by atoms with van der Waals surface area (Å²) in [6, 6.07) is 1.18. The van der Waals surface area contributed by atoms with Gasteiger partial charge in [-0.2, -0.15) is 8.42 Å². The smallest absolute Gasteiger partial charge is 0.282 e. The first kappa shape index (κ1) is 21.6. The van der Waals surface area contributed by atoms with Crippen molar-refractivity contribution in [2.24, 2.45) is 0 Å². The van der Waals surface area contributed by atoms with Gasteiger partial charge in [0.1, 0.15) is 4.90 Å². The van der Waals surface area contributed by atoms with Gasteiger partial charge < -0.3 is 0 Å². The van der Waals surface area contributed by atoms with Crippen LogP contribution >= 0.6 is 7.92 Å². The monoisotopic (exact) mass is 444 g/mol. The SMILES string of the molecule is O=S(=O)(O)c1c(F)c(F)cc2c1CCC(P(C1CCCCC1)C1CCCCC1)C2. The third-order valence-electron chi connectivity index (χ3n) is 7.23. The van der Waals surface area contributed by atoms with E-state index in [4.69, 9.17) is 0 Å². The average Bonchev–Trinajstić information content (AvgIpc) is 2.70. The Labute approximate surface area is 174 Å². The Morgan fingerprint density at radius 2 is 1.41 bits per heavy atom. The summed E-state index contributed by atoms with van der Waals surface area (Å²) in [5.41, 5.74) is 2.86. The standard InChI is InChI=1S/C22H31F2O3PS/c23-20-14-15-13-18(11-12-19(15)22(21(20)24)29(25,26)27)28(16-7-3-1-4-8-16)17-9-5-2-6-10-17/h14,16-18H,1-13H2,(H,25,26,27). The zero-order chi connectivity index (χ0) is 20.6. The molecule has 0 aliphatic heterocycles. The molecule has 29 heavy (non-hydrogen) atoms. The molecular formula is C22H31F2O3PS. The van der Waals surface area contributed by atoms with Gasteiger partial charge in [-0.3, -0.25) is 4.55 Å². The Morgan fingerprint density at radius 3 is 1.93 bits per heavy atom. The third kappa shape index (κ3) is 4.55. The van der Waals surface area contributed by atoms with Gasteiger partial charge in [-0.05, 0) is 79.1 Å². The molecule has 0 radical (unpaired) electrons. The first-order chi connectivity index (χ1) is 13.9. The second-order valence-electron chi connectivity index (χ2n) is 9.04. The van der Waals surface area contributed by atoms with Crippen LogP contribution in [0.1, 0.15) is 81.8 Å². The molecule has 0 amide bonds. The number of hydrogen-bond acceptors (Lipinski definition) is 2. The topological polar surface area (TPSA) is 54.4 Å². The average molecular weight is 445 g/mol. The molecule has 1 aromatic carbocycles. The molecular weight excluding hydrogens is 413 g/mol. The predicted molar refractivity (Wildman–Crippen MR) is 113 cm³/mol. The highest BCUT2D eigenvalue weighted by molar-refractivity contribution is 7.85. The Morgan fingerprint density at radius 1 is 0.862 bits per heavy atom. The first-order valence-corrected chi connectivity index (χ1v) is 14.1. The minimum absolute atomic E-state index is 0.223. The van der Waals surface area contributed by atoms with Gasteiger partial charge >= 0.3 is 0 Å². The molecule has 0 saturated heterocycles. The molecule has 1 N–H and O–H groups in total. The van der Waals surface area contributed by atoms with Gasteiger partial charge in [0.15, 0.2) is 11.6 Å². The van der Waals surface area contributed by atoms with Gasteiger partial charge in [0.25, 0.3) is 10.1 Å². The molecule has 3 aliphatic rings. The zero-order valence-electron chi connectivity index (χ0n) is 16.9. The van der Waals surface area contributed by atoms with Crippen molar-refractivity contribution in [1.82, 2.24) is 0 Å². The predicted octanol–water partition coefficient (Wildman–Crippen LogP) is 6.22. The van der Waals surface area contributed by atoms with Gasteiger partial charge in [0.05, 0.1) is 0 Å². The molecule has 0 bridgehead atoms. The highest BCUT2D eigenvalue weighted by Crippen LogP contribution is 2.61. The van der Waals surface area contributed by atoms with Crippen LogP contribution in [0, 0.1) is 11.6 Å². The minimum Gasteiger partial charge on any atom is -0.282 e. The fourth-order valence-electron chi connectivity index (χ4n) is 5.99. The van der Waals surface area contributed by atoms with Crippen LogP contribution < -0.4 is 0 Å². The fourth-order valence-corrected chi connectivity index (χ4v) is 11.4. The summed E-state index contributed by atoms with van der Waals surface area (Å²) < 4.78 is 61.4. The number of fused-ring (bicyclic) bond motifs is 1. The molecule has 0 spiro atoms. The maximum atomic E-state index is 14.2. The van der Waals surface area contributed by atoms with Crippen molar-refractivity contribution in [1.29, 1.82) is 0 Å². The third-order valence-corrected chi connectivity index (χ3v) is 12.2. The quantitative estimate of drug-likeness (QED) is 0.443. The molecule has 1 aromatic rings. The number of benzene rings is 1. The van der Waals surface area contributed by atoms with Crippen molar-refractivity contribution in [2.45, 2.75) is 105 Å². The van der Waals surface area contributed by atoms with Crippen molar-refractivity contribution in [3.05, 3.63) is 28.8 Å². The summed E-state index contributed by atoms with van der Waals surface area (Å²) in [5.74, 6) is -2.61. The number of halogens is 2. The van der Waals surface area contributed by atoms with Crippen LogP contribution in [0.25, 0.3) is 0 Å². The van der Waals surface area contributed by atoms with Crippen LogP contribution in [0.15, 0.2) is 11.0 Å². The van der Waals surface area contributed by atoms with E-state index in [2.05, 4.69) is 0 Å². The van der Waals surface area contributed by atoms with Crippen molar-refractivity contribution >= 4 is 18.0 Å². The summed E-state index contributed by atoms with van der Waals surface area (Å²) in [4.78, 5) is -0.828. The molecule has 7 heteroatoms. The molecule has 1 atom stereocenters. The molecule has 2 fully saturated rings. The minimum atomic E-state index is -4.79. The summed E-state index contributed by atoms with van der Waals surface area (Å²) in [6.45, 7) is 0. The number of hydrogen-bond donors (Lipinski definition) is 1. The summed E-state index contributed by atoms with van der Waals surface area (Å²) in [7, 11) is -5.01. The lowest BCUT2D eigenvalue weighted by molar-refractivity contribution is 0.445.